The van der Waals surface area contributed by atoms with Crippen LogP contribution in [0.25, 0.3) is 11.4 Å². The van der Waals surface area contributed by atoms with Gasteiger partial charge in [0.05, 0.1) is 5.75 Å². The molecule has 2 unspecified atom stereocenters. The summed E-state index contributed by atoms with van der Waals surface area (Å²) >= 11 is 1.29. The van der Waals surface area contributed by atoms with Crippen LogP contribution >= 0.6 is 11.8 Å². The number of urea groups is 1. The van der Waals surface area contributed by atoms with Crippen molar-refractivity contribution in [1.82, 2.24) is 25.4 Å². The van der Waals surface area contributed by atoms with Crippen molar-refractivity contribution in [2.45, 2.75) is 64.2 Å². The van der Waals surface area contributed by atoms with Crippen LogP contribution in [-0.4, -0.2) is 38.5 Å². The smallest absolute Gasteiger partial charge is 0.321 e. The number of imide groups is 1. The van der Waals surface area contributed by atoms with Gasteiger partial charge in [0.1, 0.15) is 0 Å². The summed E-state index contributed by atoms with van der Waals surface area (Å²) in [5.74, 6) is 1.00. The van der Waals surface area contributed by atoms with Crippen molar-refractivity contribution in [2.75, 3.05) is 5.75 Å². The largest absolute Gasteiger partial charge is 0.335 e. The van der Waals surface area contributed by atoms with E-state index < -0.39 is 6.03 Å². The maximum absolute atomic E-state index is 12.2. The Hall–Kier alpha value is -2.35. The van der Waals surface area contributed by atoms with Gasteiger partial charge < -0.3 is 9.88 Å². The lowest BCUT2D eigenvalue weighted by Gasteiger charge is -2.29. The Morgan fingerprint density at radius 3 is 2.76 bits per heavy atom. The summed E-state index contributed by atoms with van der Waals surface area (Å²) in [6, 6.07) is 7.83. The molecule has 3 rings (SSSR count). The van der Waals surface area contributed by atoms with E-state index in [0.29, 0.717) is 17.6 Å². The van der Waals surface area contributed by atoms with E-state index in [9.17, 15) is 9.59 Å². The van der Waals surface area contributed by atoms with E-state index >= 15 is 0 Å². The van der Waals surface area contributed by atoms with Crippen molar-refractivity contribution >= 4 is 23.7 Å². The predicted octanol–water partition coefficient (Wildman–Crippen LogP) is 3.77. The molecule has 1 aliphatic rings. The second-order valence-electron chi connectivity index (χ2n) is 7.60. The van der Waals surface area contributed by atoms with Crippen LogP contribution in [0.5, 0.6) is 0 Å². The first-order valence-electron chi connectivity index (χ1n) is 10.2. The van der Waals surface area contributed by atoms with Crippen LogP contribution in [0.15, 0.2) is 29.4 Å². The molecule has 1 saturated carbocycles. The molecule has 1 aliphatic carbocycles. The fraction of sp³-hybridized carbons (Fsp3) is 0.524. The van der Waals surface area contributed by atoms with E-state index in [2.05, 4.69) is 33.8 Å². The third-order valence-electron chi connectivity index (χ3n) is 5.32. The minimum atomic E-state index is -0.410. The molecule has 1 aromatic heterocycles. The quantitative estimate of drug-likeness (QED) is 0.701. The number of carbonyl (C=O) groups is 2. The van der Waals surface area contributed by atoms with Crippen LogP contribution in [0.1, 0.15) is 45.1 Å². The first-order chi connectivity index (χ1) is 14.0. The molecule has 0 saturated heterocycles. The Morgan fingerprint density at radius 1 is 1.24 bits per heavy atom. The van der Waals surface area contributed by atoms with Crippen LogP contribution in [0.4, 0.5) is 4.79 Å². The Morgan fingerprint density at radius 2 is 2.03 bits per heavy atom. The van der Waals surface area contributed by atoms with Crippen molar-refractivity contribution in [2.24, 2.45) is 5.92 Å². The number of amides is 3. The van der Waals surface area contributed by atoms with E-state index in [1.165, 1.54) is 18.2 Å². The second-order valence-corrected chi connectivity index (χ2v) is 8.54. The van der Waals surface area contributed by atoms with Crippen LogP contribution < -0.4 is 10.6 Å². The highest BCUT2D eigenvalue weighted by molar-refractivity contribution is 7.99. The lowest BCUT2D eigenvalue weighted by Crippen LogP contribution is -2.48. The Bertz CT molecular complexity index is 867. The zero-order valence-corrected chi connectivity index (χ0v) is 18.1. The highest BCUT2D eigenvalue weighted by Crippen LogP contribution is 2.25. The molecule has 2 N–H and O–H groups in total. The van der Waals surface area contributed by atoms with Gasteiger partial charge in [-0.15, -0.1) is 10.2 Å². The molecule has 8 heteroatoms. The van der Waals surface area contributed by atoms with Crippen molar-refractivity contribution in [1.29, 1.82) is 0 Å². The third-order valence-corrected chi connectivity index (χ3v) is 6.29. The van der Waals surface area contributed by atoms with Crippen LogP contribution in [0, 0.1) is 12.8 Å². The van der Waals surface area contributed by atoms with Crippen LogP contribution in [0.3, 0.4) is 0 Å². The molecule has 3 amide bonds. The number of thioether (sulfide) groups is 1. The number of aromatic nitrogens is 3. The molecule has 156 valence electrons. The van der Waals surface area contributed by atoms with E-state index in [0.717, 1.165) is 36.2 Å². The number of benzene rings is 1. The van der Waals surface area contributed by atoms with E-state index in [4.69, 9.17) is 0 Å². The molecule has 0 radical (unpaired) electrons. The zero-order chi connectivity index (χ0) is 20.8. The fourth-order valence-corrected chi connectivity index (χ4v) is 4.51. The molecule has 7 nitrogen and oxygen atoms in total. The van der Waals surface area contributed by atoms with Crippen molar-refractivity contribution < 1.29 is 9.59 Å². The van der Waals surface area contributed by atoms with Crippen molar-refractivity contribution in [3.05, 3.63) is 29.8 Å². The van der Waals surface area contributed by atoms with Crippen LogP contribution in [-0.2, 0) is 11.3 Å². The molecule has 1 aromatic carbocycles. The molecule has 1 heterocycles. The molecule has 2 aromatic rings. The van der Waals surface area contributed by atoms with Gasteiger partial charge in [-0.05, 0) is 38.7 Å². The number of aryl methyl sites for hydroxylation is 1. The first-order valence-corrected chi connectivity index (χ1v) is 11.2. The highest BCUT2D eigenvalue weighted by atomic mass is 32.2. The van der Waals surface area contributed by atoms with Gasteiger partial charge in [-0.2, -0.15) is 0 Å². The van der Waals surface area contributed by atoms with Gasteiger partial charge in [-0.1, -0.05) is 55.3 Å². The van der Waals surface area contributed by atoms with Gasteiger partial charge in [0.2, 0.25) is 5.91 Å². The molecular weight excluding hydrogens is 386 g/mol. The summed E-state index contributed by atoms with van der Waals surface area (Å²) in [5, 5.41) is 14.6. The van der Waals surface area contributed by atoms with Gasteiger partial charge in [-0.25, -0.2) is 4.79 Å². The average molecular weight is 416 g/mol. The zero-order valence-electron chi connectivity index (χ0n) is 17.3. The fourth-order valence-electron chi connectivity index (χ4n) is 3.71. The summed E-state index contributed by atoms with van der Waals surface area (Å²) in [4.78, 5) is 24.4. The molecule has 1 fully saturated rings. The Balaban J connectivity index is 1.55. The number of carbonyl (C=O) groups excluding carboxylic acids is 2. The number of rotatable bonds is 6. The van der Waals surface area contributed by atoms with Gasteiger partial charge in [0.15, 0.2) is 11.0 Å². The predicted molar refractivity (Wildman–Crippen MR) is 115 cm³/mol. The summed E-state index contributed by atoms with van der Waals surface area (Å²) in [7, 11) is 0. The Kier molecular flexibility index (Phi) is 7.30. The van der Waals surface area contributed by atoms with E-state index in [1.807, 2.05) is 36.6 Å². The summed E-state index contributed by atoms with van der Waals surface area (Å²) < 4.78 is 1.98. The first kappa shape index (κ1) is 21.4. The molecule has 0 bridgehead atoms. The summed E-state index contributed by atoms with van der Waals surface area (Å²) in [5.41, 5.74) is 2.15. The average Bonchev–Trinajstić information content (AvgIpc) is 3.11. The molecule has 29 heavy (non-hydrogen) atoms. The van der Waals surface area contributed by atoms with Gasteiger partial charge in [0.25, 0.3) is 0 Å². The highest BCUT2D eigenvalue weighted by Gasteiger charge is 2.23. The monoisotopic (exact) mass is 415 g/mol. The number of hydrogen-bond acceptors (Lipinski definition) is 5. The Labute approximate surface area is 176 Å². The minimum Gasteiger partial charge on any atom is -0.335 e. The maximum Gasteiger partial charge on any atom is 0.321 e. The molecule has 0 aliphatic heterocycles. The van der Waals surface area contributed by atoms with Crippen molar-refractivity contribution in [3.8, 4) is 11.4 Å². The lowest BCUT2D eigenvalue weighted by molar-refractivity contribution is -0.117. The molecule has 0 spiro atoms. The number of hydrogen-bond donors (Lipinski definition) is 2. The van der Waals surface area contributed by atoms with Gasteiger partial charge in [0, 0.05) is 18.2 Å². The van der Waals surface area contributed by atoms with Gasteiger partial charge in [-0.3, -0.25) is 10.1 Å². The minimum absolute atomic E-state index is 0.111. The standard InChI is InChI=1S/C21H29N5O2S/c1-4-26-19(16-10-7-8-14(2)12-16)24-25-21(26)29-13-18(27)23-20(28)22-17-11-6-5-9-15(17)3/h7-8,10,12,15,17H,4-6,9,11,13H2,1-3H3,(H2,22,23,27,28). The SMILES string of the molecule is CCn1c(SCC(=O)NC(=O)NC2CCCCC2C)nnc1-c1cccc(C)c1. The van der Waals surface area contributed by atoms with Gasteiger partial charge >= 0.3 is 6.03 Å². The normalized spacial score (nSPS) is 19.0. The summed E-state index contributed by atoms with van der Waals surface area (Å²) in [6.45, 7) is 6.90. The topological polar surface area (TPSA) is 88.9 Å². The van der Waals surface area contributed by atoms with E-state index in [-0.39, 0.29) is 17.7 Å². The molecule has 2 atom stereocenters. The summed E-state index contributed by atoms with van der Waals surface area (Å²) in [6.07, 6.45) is 4.41. The second kappa shape index (κ2) is 9.91. The van der Waals surface area contributed by atoms with Crippen molar-refractivity contribution in [3.63, 3.8) is 0 Å². The number of nitrogens with one attached hydrogen (secondary N) is 2. The maximum atomic E-state index is 12.2. The number of nitrogens with zero attached hydrogens (tertiary/aromatic N) is 3. The third kappa shape index (κ3) is 5.59. The van der Waals surface area contributed by atoms with E-state index in [1.54, 1.807) is 0 Å². The lowest BCUT2D eigenvalue weighted by atomic mass is 9.86. The molecular formula is C21H29N5O2S. The van der Waals surface area contributed by atoms with Crippen LogP contribution in [0.2, 0.25) is 0 Å².